The number of hydrogen-bond acceptors (Lipinski definition) is 5. The van der Waals surface area contributed by atoms with Crippen LogP contribution in [0.3, 0.4) is 0 Å². The second-order valence-corrected chi connectivity index (χ2v) is 11.1. The molecule has 0 radical (unpaired) electrons. The first-order chi connectivity index (χ1) is 15.9. The topological polar surface area (TPSA) is 131 Å². The van der Waals surface area contributed by atoms with E-state index >= 15 is 0 Å². The Morgan fingerprint density at radius 1 is 1.23 bits per heavy atom. The molecule has 2 heterocycles. The van der Waals surface area contributed by atoms with E-state index in [-0.39, 0.29) is 24.8 Å². The van der Waals surface area contributed by atoms with Gasteiger partial charge in [-0.3, -0.25) is 19.2 Å². The van der Waals surface area contributed by atoms with Gasteiger partial charge in [0.05, 0.1) is 6.07 Å². The van der Waals surface area contributed by atoms with E-state index in [1.165, 1.54) is 25.7 Å². The molecular weight excluding hydrogens is 467 g/mol. The molecule has 0 aromatic heterocycles. The first kappa shape index (κ1) is 28.4. The van der Waals surface area contributed by atoms with E-state index in [4.69, 9.17) is 0 Å². The van der Waals surface area contributed by atoms with Crippen molar-refractivity contribution in [2.75, 3.05) is 13.1 Å². The van der Waals surface area contributed by atoms with E-state index in [0.717, 1.165) is 0 Å². The molecule has 2 aliphatic rings. The SMILES string of the molecule is C[C@@H]1CN(C(=O)[C@@H](NC(=O)C(F)(F)F)C(C)(C)C)[C@H](C(=O)N[C@H](C#N)C[C@@H]2CCNC2=O)C1(C)C. The van der Waals surface area contributed by atoms with Gasteiger partial charge in [-0.25, -0.2) is 0 Å². The van der Waals surface area contributed by atoms with Crippen LogP contribution in [0.1, 0.15) is 54.4 Å². The van der Waals surface area contributed by atoms with Gasteiger partial charge in [-0.05, 0) is 29.6 Å². The molecule has 2 aliphatic heterocycles. The van der Waals surface area contributed by atoms with Gasteiger partial charge < -0.3 is 20.9 Å². The Morgan fingerprint density at radius 2 is 1.83 bits per heavy atom. The molecule has 0 aromatic carbocycles. The molecule has 0 bridgehead atoms. The second kappa shape index (κ2) is 10.0. The number of nitrogens with zero attached hydrogens (tertiary/aromatic N) is 2. The largest absolute Gasteiger partial charge is 0.471 e. The molecule has 4 amide bonds. The summed E-state index contributed by atoms with van der Waals surface area (Å²) in [5, 5.41) is 16.6. The van der Waals surface area contributed by atoms with Crippen molar-refractivity contribution in [3.05, 3.63) is 0 Å². The van der Waals surface area contributed by atoms with Gasteiger partial charge in [0.1, 0.15) is 18.1 Å². The van der Waals surface area contributed by atoms with Gasteiger partial charge >= 0.3 is 12.1 Å². The normalized spacial score (nSPS) is 25.9. The number of carbonyl (C=O) groups excluding carboxylic acids is 4. The number of likely N-dealkylation sites (tertiary alicyclic amines) is 1. The summed E-state index contributed by atoms with van der Waals surface area (Å²) in [6, 6.07) is -1.64. The summed E-state index contributed by atoms with van der Waals surface area (Å²) in [5.41, 5.74) is -1.86. The molecule has 0 spiro atoms. The van der Waals surface area contributed by atoms with E-state index in [2.05, 4.69) is 10.6 Å². The molecule has 12 heteroatoms. The highest BCUT2D eigenvalue weighted by atomic mass is 19.4. The van der Waals surface area contributed by atoms with Crippen LogP contribution in [0.2, 0.25) is 0 Å². The first-order valence-electron chi connectivity index (χ1n) is 11.6. The summed E-state index contributed by atoms with van der Waals surface area (Å²) in [6.45, 7) is 10.5. The maximum absolute atomic E-state index is 13.5. The summed E-state index contributed by atoms with van der Waals surface area (Å²) in [5.74, 6) is -4.50. The molecule has 0 aromatic rings. The maximum Gasteiger partial charge on any atom is 0.471 e. The lowest BCUT2D eigenvalue weighted by atomic mass is 9.77. The smallest absolute Gasteiger partial charge is 0.356 e. The molecule has 0 saturated carbocycles. The zero-order chi connectivity index (χ0) is 26.9. The highest BCUT2D eigenvalue weighted by Crippen LogP contribution is 2.42. The lowest BCUT2D eigenvalue weighted by molar-refractivity contribution is -0.176. The van der Waals surface area contributed by atoms with Crippen molar-refractivity contribution in [2.45, 2.75) is 78.7 Å². The maximum atomic E-state index is 13.5. The third kappa shape index (κ3) is 6.24. The van der Waals surface area contributed by atoms with Gasteiger partial charge in [0.2, 0.25) is 17.7 Å². The highest BCUT2D eigenvalue weighted by molar-refractivity contribution is 5.94. The Bertz CT molecular complexity index is 906. The molecule has 2 saturated heterocycles. The quantitative estimate of drug-likeness (QED) is 0.508. The standard InChI is InChI=1S/C23H34F3N5O4/c1-12-11-31(19(34)15(21(2,3)4)30-20(35)23(24,25)26)16(22(12,5)6)18(33)29-14(10-27)9-13-7-8-28-17(13)32/h12-16H,7-9,11H2,1-6H3,(H,28,32)(H,29,33)(H,30,35)/t12-,13+,14+,15-,16-/m1/s1. The molecule has 2 rings (SSSR count). The monoisotopic (exact) mass is 501 g/mol. The van der Waals surface area contributed by atoms with Crippen LogP contribution in [0.15, 0.2) is 0 Å². The van der Waals surface area contributed by atoms with E-state index in [9.17, 15) is 37.6 Å². The zero-order valence-corrected chi connectivity index (χ0v) is 20.9. The minimum atomic E-state index is -5.18. The van der Waals surface area contributed by atoms with Gasteiger partial charge in [0, 0.05) is 19.0 Å². The molecule has 0 unspecified atom stereocenters. The Labute approximate surface area is 203 Å². The number of amides is 4. The van der Waals surface area contributed by atoms with E-state index in [1.807, 2.05) is 13.0 Å². The number of halogens is 3. The van der Waals surface area contributed by atoms with E-state index < -0.39 is 58.8 Å². The Kier molecular flexibility index (Phi) is 8.14. The number of nitrogens with one attached hydrogen (secondary N) is 3. The highest BCUT2D eigenvalue weighted by Gasteiger charge is 2.54. The van der Waals surface area contributed by atoms with Crippen LogP contribution in [0.4, 0.5) is 13.2 Å². The van der Waals surface area contributed by atoms with Crippen LogP contribution < -0.4 is 16.0 Å². The minimum absolute atomic E-state index is 0.0840. The lowest BCUT2D eigenvalue weighted by Gasteiger charge is -2.38. The molecule has 9 nitrogen and oxygen atoms in total. The number of alkyl halides is 3. The Balaban J connectivity index is 2.31. The predicted octanol–water partition coefficient (Wildman–Crippen LogP) is 1.49. The van der Waals surface area contributed by atoms with Crippen molar-refractivity contribution >= 4 is 23.6 Å². The van der Waals surface area contributed by atoms with Gasteiger partial charge in [-0.1, -0.05) is 41.5 Å². The third-order valence-corrected chi connectivity index (χ3v) is 7.09. The van der Waals surface area contributed by atoms with Gasteiger partial charge in [-0.2, -0.15) is 18.4 Å². The number of hydrogen-bond donors (Lipinski definition) is 3. The summed E-state index contributed by atoms with van der Waals surface area (Å²) in [7, 11) is 0. The summed E-state index contributed by atoms with van der Waals surface area (Å²) < 4.78 is 38.8. The van der Waals surface area contributed by atoms with Crippen LogP contribution in [-0.2, 0) is 19.2 Å². The zero-order valence-electron chi connectivity index (χ0n) is 20.9. The van der Waals surface area contributed by atoms with Crippen molar-refractivity contribution in [2.24, 2.45) is 22.7 Å². The minimum Gasteiger partial charge on any atom is -0.356 e. The van der Waals surface area contributed by atoms with Crippen LogP contribution in [-0.4, -0.2) is 65.9 Å². The van der Waals surface area contributed by atoms with Crippen molar-refractivity contribution in [3.63, 3.8) is 0 Å². The summed E-state index contributed by atoms with van der Waals surface area (Å²) >= 11 is 0. The summed E-state index contributed by atoms with van der Waals surface area (Å²) in [6.07, 6.45) is -4.53. The van der Waals surface area contributed by atoms with Crippen molar-refractivity contribution in [1.82, 2.24) is 20.9 Å². The molecular formula is C23H34F3N5O4. The van der Waals surface area contributed by atoms with E-state index in [1.54, 1.807) is 19.2 Å². The van der Waals surface area contributed by atoms with Crippen molar-refractivity contribution < 1.29 is 32.3 Å². The molecule has 0 aliphatic carbocycles. The molecule has 2 fully saturated rings. The molecule has 3 N–H and O–H groups in total. The average Bonchev–Trinajstić information content (AvgIpc) is 3.22. The third-order valence-electron chi connectivity index (χ3n) is 7.09. The Hall–Kier alpha value is -2.84. The predicted molar refractivity (Wildman–Crippen MR) is 119 cm³/mol. The number of nitriles is 1. The number of rotatable bonds is 6. The molecule has 196 valence electrons. The summed E-state index contributed by atoms with van der Waals surface area (Å²) in [4.78, 5) is 51.7. The fourth-order valence-electron chi connectivity index (χ4n) is 4.58. The van der Waals surface area contributed by atoms with E-state index in [0.29, 0.717) is 13.0 Å². The fourth-order valence-corrected chi connectivity index (χ4v) is 4.58. The van der Waals surface area contributed by atoms with Crippen molar-refractivity contribution in [3.8, 4) is 6.07 Å². The Morgan fingerprint density at radius 3 is 2.29 bits per heavy atom. The van der Waals surface area contributed by atoms with Crippen LogP contribution in [0.5, 0.6) is 0 Å². The van der Waals surface area contributed by atoms with Crippen LogP contribution >= 0.6 is 0 Å². The molecule has 5 atom stereocenters. The van der Waals surface area contributed by atoms with Gasteiger partial charge in [-0.15, -0.1) is 0 Å². The second-order valence-electron chi connectivity index (χ2n) is 11.1. The van der Waals surface area contributed by atoms with Gasteiger partial charge in [0.25, 0.3) is 0 Å². The van der Waals surface area contributed by atoms with Crippen LogP contribution in [0.25, 0.3) is 0 Å². The molecule has 35 heavy (non-hydrogen) atoms. The van der Waals surface area contributed by atoms with Crippen molar-refractivity contribution in [1.29, 1.82) is 5.26 Å². The number of carbonyl (C=O) groups is 4. The lowest BCUT2D eigenvalue weighted by Crippen LogP contribution is -2.61. The average molecular weight is 502 g/mol. The van der Waals surface area contributed by atoms with Gasteiger partial charge in [0.15, 0.2) is 0 Å². The van der Waals surface area contributed by atoms with Crippen LogP contribution in [0, 0.1) is 34.0 Å². The first-order valence-corrected chi connectivity index (χ1v) is 11.6. The fraction of sp³-hybridized carbons (Fsp3) is 0.783.